The lowest BCUT2D eigenvalue weighted by atomic mass is 10.4. The summed E-state index contributed by atoms with van der Waals surface area (Å²) in [6, 6.07) is 6.42. The molecule has 1 aromatic heterocycles. The van der Waals surface area contributed by atoms with Gasteiger partial charge in [-0.1, -0.05) is 21.1 Å². The third kappa shape index (κ3) is 2.92. The van der Waals surface area contributed by atoms with Gasteiger partial charge >= 0.3 is 0 Å². The van der Waals surface area contributed by atoms with E-state index in [0.29, 0.717) is 5.89 Å². The highest BCUT2D eigenvalue weighted by Crippen LogP contribution is 2.18. The van der Waals surface area contributed by atoms with Crippen molar-refractivity contribution in [1.82, 2.24) is 10.1 Å². The van der Waals surface area contributed by atoms with Gasteiger partial charge in [-0.2, -0.15) is 4.98 Å². The van der Waals surface area contributed by atoms with Crippen LogP contribution in [0.4, 0.5) is 0 Å². The fraction of sp³-hybridized carbons (Fsp3) is 0.200. The molecular formula is C10H9BrN2O3S. The van der Waals surface area contributed by atoms with Gasteiger partial charge in [0, 0.05) is 11.4 Å². The Morgan fingerprint density at radius 2 is 1.94 bits per heavy atom. The van der Waals surface area contributed by atoms with E-state index in [9.17, 15) is 8.42 Å². The van der Waals surface area contributed by atoms with Crippen molar-refractivity contribution < 1.29 is 12.9 Å². The van der Waals surface area contributed by atoms with Crippen LogP contribution in [0.1, 0.15) is 11.7 Å². The Balaban J connectivity index is 2.28. The standard InChI is InChI=1S/C10H9BrN2O3S/c1-7-12-10(13-16-7)6-17(14,15)9-4-2-8(11)3-5-9/h2-5H,6H2,1H3. The van der Waals surface area contributed by atoms with Crippen LogP contribution in [-0.2, 0) is 15.6 Å². The van der Waals surface area contributed by atoms with Gasteiger partial charge in [-0.25, -0.2) is 8.42 Å². The summed E-state index contributed by atoms with van der Waals surface area (Å²) >= 11 is 3.25. The minimum absolute atomic E-state index is 0.172. The maximum atomic E-state index is 12.0. The molecule has 1 heterocycles. The number of hydrogen-bond acceptors (Lipinski definition) is 5. The minimum atomic E-state index is -3.42. The molecule has 0 fully saturated rings. The third-order valence-corrected chi connectivity index (χ3v) is 4.22. The molecule has 0 bridgehead atoms. The number of sulfone groups is 1. The van der Waals surface area contributed by atoms with Crippen molar-refractivity contribution in [2.24, 2.45) is 0 Å². The predicted octanol–water partition coefficient (Wildman–Crippen LogP) is 2.11. The fourth-order valence-electron chi connectivity index (χ4n) is 1.30. The van der Waals surface area contributed by atoms with Gasteiger partial charge in [-0.15, -0.1) is 0 Å². The van der Waals surface area contributed by atoms with Crippen LogP contribution < -0.4 is 0 Å². The molecule has 0 amide bonds. The van der Waals surface area contributed by atoms with Crippen molar-refractivity contribution in [1.29, 1.82) is 0 Å². The summed E-state index contributed by atoms with van der Waals surface area (Å²) in [5.74, 6) is 0.267. The average Bonchev–Trinajstić information content (AvgIpc) is 2.63. The van der Waals surface area contributed by atoms with E-state index in [0.717, 1.165) is 4.47 Å². The van der Waals surface area contributed by atoms with Crippen LogP contribution in [0.25, 0.3) is 0 Å². The van der Waals surface area contributed by atoms with Gasteiger partial charge in [-0.05, 0) is 24.3 Å². The number of benzene rings is 1. The number of hydrogen-bond donors (Lipinski definition) is 0. The monoisotopic (exact) mass is 316 g/mol. The normalized spacial score (nSPS) is 11.6. The summed E-state index contributed by atoms with van der Waals surface area (Å²) in [6.07, 6.45) is 0. The van der Waals surface area contributed by atoms with Gasteiger partial charge < -0.3 is 4.52 Å². The van der Waals surface area contributed by atoms with Crippen LogP contribution >= 0.6 is 15.9 Å². The minimum Gasteiger partial charge on any atom is -0.340 e. The zero-order valence-corrected chi connectivity index (χ0v) is 11.3. The van der Waals surface area contributed by atoms with E-state index in [-0.39, 0.29) is 16.5 Å². The van der Waals surface area contributed by atoms with E-state index >= 15 is 0 Å². The van der Waals surface area contributed by atoms with Crippen molar-refractivity contribution >= 4 is 25.8 Å². The molecular weight excluding hydrogens is 308 g/mol. The number of nitrogens with zero attached hydrogens (tertiary/aromatic N) is 2. The van der Waals surface area contributed by atoms with Crippen molar-refractivity contribution in [3.05, 3.63) is 40.5 Å². The van der Waals surface area contributed by atoms with Gasteiger partial charge in [0.2, 0.25) is 5.89 Å². The van der Waals surface area contributed by atoms with Crippen LogP contribution in [0.15, 0.2) is 38.2 Å². The summed E-state index contributed by atoms with van der Waals surface area (Å²) in [4.78, 5) is 4.11. The van der Waals surface area contributed by atoms with Gasteiger partial charge in [0.05, 0.1) is 4.90 Å². The molecule has 5 nitrogen and oxygen atoms in total. The molecule has 7 heteroatoms. The molecule has 17 heavy (non-hydrogen) atoms. The zero-order chi connectivity index (χ0) is 12.5. The lowest BCUT2D eigenvalue weighted by Gasteiger charge is -2.01. The Bertz CT molecular complexity index is 619. The summed E-state index contributed by atoms with van der Waals surface area (Å²) < 4.78 is 29.5. The molecule has 0 aliphatic heterocycles. The topological polar surface area (TPSA) is 73.1 Å². The molecule has 1 aromatic carbocycles. The first kappa shape index (κ1) is 12.3. The highest BCUT2D eigenvalue weighted by Gasteiger charge is 2.18. The van der Waals surface area contributed by atoms with Gasteiger partial charge in [0.1, 0.15) is 5.75 Å². The molecule has 0 unspecified atom stereocenters. The van der Waals surface area contributed by atoms with E-state index < -0.39 is 9.84 Å². The van der Waals surface area contributed by atoms with Crippen LogP contribution in [0, 0.1) is 6.92 Å². The lowest BCUT2D eigenvalue weighted by Crippen LogP contribution is -2.06. The summed E-state index contributed by atoms with van der Waals surface area (Å²) in [5, 5.41) is 3.57. The van der Waals surface area contributed by atoms with Crippen molar-refractivity contribution in [3.63, 3.8) is 0 Å². The maximum absolute atomic E-state index is 12.0. The maximum Gasteiger partial charge on any atom is 0.223 e. The fourth-order valence-corrected chi connectivity index (χ4v) is 2.73. The summed E-state index contributed by atoms with van der Waals surface area (Å²) in [6.45, 7) is 1.61. The predicted molar refractivity (Wildman–Crippen MR) is 64.1 cm³/mol. The highest BCUT2D eigenvalue weighted by atomic mass is 79.9. The van der Waals surface area contributed by atoms with Crippen molar-refractivity contribution in [3.8, 4) is 0 Å². The van der Waals surface area contributed by atoms with Crippen molar-refractivity contribution in [2.75, 3.05) is 0 Å². The molecule has 0 spiro atoms. The smallest absolute Gasteiger partial charge is 0.223 e. The van der Waals surface area contributed by atoms with Gasteiger partial charge in [0.15, 0.2) is 15.7 Å². The molecule has 0 aliphatic carbocycles. The van der Waals surface area contributed by atoms with Crippen LogP contribution in [0.2, 0.25) is 0 Å². The lowest BCUT2D eigenvalue weighted by molar-refractivity contribution is 0.388. The number of aromatic nitrogens is 2. The second kappa shape index (κ2) is 4.58. The average molecular weight is 317 g/mol. The molecule has 2 rings (SSSR count). The first-order valence-corrected chi connectivity index (χ1v) is 7.19. The molecule has 0 aliphatic rings. The van der Waals surface area contributed by atoms with E-state index in [1.54, 1.807) is 19.1 Å². The Morgan fingerprint density at radius 1 is 1.29 bits per heavy atom. The van der Waals surface area contributed by atoms with E-state index in [1.165, 1.54) is 12.1 Å². The quantitative estimate of drug-likeness (QED) is 0.867. The SMILES string of the molecule is Cc1nc(CS(=O)(=O)c2ccc(Br)cc2)no1. The van der Waals surface area contributed by atoms with Crippen LogP contribution in [0.3, 0.4) is 0 Å². The third-order valence-electron chi connectivity index (χ3n) is 2.06. The number of rotatable bonds is 3. The van der Waals surface area contributed by atoms with E-state index in [1.807, 2.05) is 0 Å². The number of halogens is 1. The second-order valence-electron chi connectivity index (χ2n) is 3.44. The first-order chi connectivity index (χ1) is 7.97. The Hall–Kier alpha value is -1.21. The summed E-state index contributed by atoms with van der Waals surface area (Å²) in [5.41, 5.74) is 0. The van der Waals surface area contributed by atoms with Crippen LogP contribution in [-0.4, -0.2) is 18.6 Å². The van der Waals surface area contributed by atoms with E-state index in [2.05, 4.69) is 26.1 Å². The highest BCUT2D eigenvalue weighted by molar-refractivity contribution is 9.10. The first-order valence-electron chi connectivity index (χ1n) is 4.75. The molecule has 0 atom stereocenters. The van der Waals surface area contributed by atoms with Crippen molar-refractivity contribution in [2.45, 2.75) is 17.6 Å². The zero-order valence-electron chi connectivity index (χ0n) is 8.92. The van der Waals surface area contributed by atoms with Crippen LogP contribution in [0.5, 0.6) is 0 Å². The summed E-state index contributed by atoms with van der Waals surface area (Å²) in [7, 11) is -3.42. The Morgan fingerprint density at radius 3 is 2.47 bits per heavy atom. The van der Waals surface area contributed by atoms with Gasteiger partial charge in [0.25, 0.3) is 0 Å². The van der Waals surface area contributed by atoms with Gasteiger partial charge in [-0.3, -0.25) is 0 Å². The molecule has 0 N–H and O–H groups in total. The Labute approximate surface area is 107 Å². The second-order valence-corrected chi connectivity index (χ2v) is 6.35. The molecule has 2 aromatic rings. The Kier molecular flexibility index (Phi) is 3.30. The molecule has 0 saturated heterocycles. The molecule has 0 saturated carbocycles. The number of aryl methyl sites for hydroxylation is 1. The van der Waals surface area contributed by atoms with E-state index in [4.69, 9.17) is 4.52 Å². The largest absolute Gasteiger partial charge is 0.340 e. The molecule has 90 valence electrons. The molecule has 0 radical (unpaired) electrons.